The number of rotatable bonds is 4. The molecule has 0 fully saturated rings. The fourth-order valence-corrected chi connectivity index (χ4v) is 2.53. The number of carbonyl (C=O) groups excluding carboxylic acids is 1. The second-order valence-corrected chi connectivity index (χ2v) is 5.54. The first-order valence-corrected chi connectivity index (χ1v) is 7.21. The van der Waals surface area contributed by atoms with Gasteiger partial charge in [0.05, 0.1) is 6.61 Å². The van der Waals surface area contributed by atoms with E-state index >= 15 is 0 Å². The van der Waals surface area contributed by atoms with E-state index in [0.29, 0.717) is 9.88 Å². The van der Waals surface area contributed by atoms with E-state index in [4.69, 9.17) is 4.74 Å². The Morgan fingerprint density at radius 2 is 1.91 bits per heavy atom. The van der Waals surface area contributed by atoms with E-state index in [1.165, 1.54) is 23.5 Å². The quantitative estimate of drug-likeness (QED) is 0.623. The summed E-state index contributed by atoms with van der Waals surface area (Å²) >= 11 is 1.24. The van der Waals surface area contributed by atoms with E-state index in [1.54, 1.807) is 13.8 Å². The Bertz CT molecular complexity index is 717. The molecule has 0 aliphatic rings. The number of aromatic nitrogens is 1. The van der Waals surface area contributed by atoms with Gasteiger partial charge >= 0.3 is 5.97 Å². The van der Waals surface area contributed by atoms with Crippen molar-refractivity contribution in [2.45, 2.75) is 13.8 Å². The summed E-state index contributed by atoms with van der Waals surface area (Å²) in [6.07, 6.45) is 2.88. The molecule has 1 aromatic carbocycles. The maximum Gasteiger partial charge on any atom is 0.358 e. The van der Waals surface area contributed by atoms with Gasteiger partial charge in [0, 0.05) is 4.88 Å². The molecule has 2 aromatic rings. The highest BCUT2D eigenvalue weighted by atomic mass is 32.1. The number of nitrogens with zero attached hydrogens (tertiary/aromatic N) is 1. The van der Waals surface area contributed by atoms with Crippen LogP contribution >= 0.6 is 11.3 Å². The molecule has 0 N–H and O–H groups in total. The number of halogens is 3. The molecule has 0 amide bonds. The van der Waals surface area contributed by atoms with Crippen molar-refractivity contribution >= 4 is 29.5 Å². The van der Waals surface area contributed by atoms with E-state index in [0.717, 1.165) is 12.1 Å². The topological polar surface area (TPSA) is 39.2 Å². The highest BCUT2D eigenvalue weighted by Gasteiger charge is 2.15. The number of hydrogen-bond donors (Lipinski definition) is 0. The van der Waals surface area contributed by atoms with Crippen molar-refractivity contribution in [1.82, 2.24) is 4.98 Å². The Morgan fingerprint density at radius 3 is 2.50 bits per heavy atom. The summed E-state index contributed by atoms with van der Waals surface area (Å²) in [6.45, 7) is 3.66. The summed E-state index contributed by atoms with van der Waals surface area (Å²) in [6, 6.07) is 1.75. The molecule has 0 saturated heterocycles. The molecular formula is C15H12F3NO2S. The first-order valence-electron chi connectivity index (χ1n) is 6.39. The van der Waals surface area contributed by atoms with Gasteiger partial charge in [0.2, 0.25) is 0 Å². The molecule has 7 heteroatoms. The molecule has 0 spiro atoms. The summed E-state index contributed by atoms with van der Waals surface area (Å²) in [5.41, 5.74) is 0.366. The molecule has 1 aromatic heterocycles. The molecule has 0 aliphatic heterocycles. The van der Waals surface area contributed by atoms with Gasteiger partial charge in [0.1, 0.15) is 5.01 Å². The van der Waals surface area contributed by atoms with Crippen LogP contribution in [-0.4, -0.2) is 17.6 Å². The fraction of sp³-hybridized carbons (Fsp3) is 0.200. The van der Waals surface area contributed by atoms with Crippen LogP contribution in [0, 0.1) is 24.4 Å². The van der Waals surface area contributed by atoms with E-state index in [2.05, 4.69) is 4.98 Å². The van der Waals surface area contributed by atoms with Crippen LogP contribution in [0.25, 0.3) is 12.2 Å². The maximum atomic E-state index is 13.1. The number of carbonyl (C=O) groups is 1. The number of esters is 1. The van der Waals surface area contributed by atoms with E-state index in [9.17, 15) is 18.0 Å². The van der Waals surface area contributed by atoms with Crippen molar-refractivity contribution in [3.63, 3.8) is 0 Å². The van der Waals surface area contributed by atoms with Crippen molar-refractivity contribution in [2.75, 3.05) is 6.61 Å². The van der Waals surface area contributed by atoms with E-state index < -0.39 is 23.4 Å². The molecular weight excluding hydrogens is 315 g/mol. The lowest BCUT2D eigenvalue weighted by molar-refractivity contribution is 0.0519. The molecule has 0 bridgehead atoms. The van der Waals surface area contributed by atoms with Crippen LogP contribution in [0.3, 0.4) is 0 Å². The summed E-state index contributed by atoms with van der Waals surface area (Å²) in [5.74, 6) is -4.55. The summed E-state index contributed by atoms with van der Waals surface area (Å²) in [4.78, 5) is 16.4. The normalized spacial score (nSPS) is 11.1. The minimum Gasteiger partial charge on any atom is -0.461 e. The second kappa shape index (κ2) is 6.74. The molecule has 116 valence electrons. The van der Waals surface area contributed by atoms with E-state index in [1.807, 2.05) is 0 Å². The van der Waals surface area contributed by atoms with Gasteiger partial charge in [-0.2, -0.15) is 0 Å². The second-order valence-electron chi connectivity index (χ2n) is 4.31. The number of hydrogen-bond acceptors (Lipinski definition) is 4. The first-order chi connectivity index (χ1) is 10.4. The molecule has 1 heterocycles. The van der Waals surface area contributed by atoms with Gasteiger partial charge in [-0.15, -0.1) is 11.3 Å². The zero-order chi connectivity index (χ0) is 16.3. The summed E-state index contributed by atoms with van der Waals surface area (Å²) < 4.78 is 43.9. The summed E-state index contributed by atoms with van der Waals surface area (Å²) in [7, 11) is 0. The smallest absolute Gasteiger partial charge is 0.358 e. The Labute approximate surface area is 129 Å². The molecule has 0 unspecified atom stereocenters. The van der Waals surface area contributed by atoms with Gasteiger partial charge in [-0.3, -0.25) is 0 Å². The molecule has 0 atom stereocenters. The minimum atomic E-state index is -1.51. The van der Waals surface area contributed by atoms with Crippen LogP contribution < -0.4 is 0 Å². The molecule has 0 radical (unpaired) electrons. The average Bonchev–Trinajstić information content (AvgIpc) is 2.84. The fourth-order valence-electron chi connectivity index (χ4n) is 1.72. The van der Waals surface area contributed by atoms with Gasteiger partial charge in [0.15, 0.2) is 23.1 Å². The van der Waals surface area contributed by atoms with Crippen LogP contribution in [0.15, 0.2) is 12.1 Å². The van der Waals surface area contributed by atoms with Crippen LogP contribution in [0.1, 0.15) is 32.9 Å². The van der Waals surface area contributed by atoms with Crippen molar-refractivity contribution < 1.29 is 22.7 Å². The van der Waals surface area contributed by atoms with Gasteiger partial charge in [-0.25, -0.2) is 22.9 Å². The third-order valence-electron chi connectivity index (χ3n) is 2.71. The standard InChI is InChI=1S/C15H12F3NO2S/c1-3-21-15(20)14-8(2)22-12(19-14)5-4-9-6-10(16)13(18)11(17)7-9/h4-7H,3H2,1-2H3/b5-4+. The van der Waals surface area contributed by atoms with Crippen LogP contribution in [0.4, 0.5) is 13.2 Å². The van der Waals surface area contributed by atoms with Gasteiger partial charge < -0.3 is 4.74 Å². The molecule has 22 heavy (non-hydrogen) atoms. The summed E-state index contributed by atoms with van der Waals surface area (Å²) in [5, 5.41) is 0.477. The van der Waals surface area contributed by atoms with Crippen molar-refractivity contribution in [3.05, 3.63) is 50.7 Å². The third-order valence-corrected chi connectivity index (χ3v) is 3.64. The van der Waals surface area contributed by atoms with Crippen LogP contribution in [0.2, 0.25) is 0 Å². The number of benzene rings is 1. The number of ether oxygens (including phenoxy) is 1. The zero-order valence-electron chi connectivity index (χ0n) is 11.8. The molecule has 0 aliphatic carbocycles. The van der Waals surface area contributed by atoms with Crippen molar-refractivity contribution in [2.24, 2.45) is 0 Å². The Hall–Kier alpha value is -2.15. The highest BCUT2D eigenvalue weighted by Crippen LogP contribution is 2.21. The van der Waals surface area contributed by atoms with E-state index in [-0.39, 0.29) is 17.9 Å². The molecule has 0 saturated carbocycles. The van der Waals surface area contributed by atoms with Crippen molar-refractivity contribution in [3.8, 4) is 0 Å². The molecule has 3 nitrogen and oxygen atoms in total. The molecule has 2 rings (SSSR count). The minimum absolute atomic E-state index is 0.155. The monoisotopic (exact) mass is 327 g/mol. The zero-order valence-corrected chi connectivity index (χ0v) is 12.6. The van der Waals surface area contributed by atoms with Gasteiger partial charge in [-0.05, 0) is 37.6 Å². The lowest BCUT2D eigenvalue weighted by Gasteiger charge is -1.98. The first kappa shape index (κ1) is 16.2. The van der Waals surface area contributed by atoms with Crippen LogP contribution in [-0.2, 0) is 4.74 Å². The lowest BCUT2D eigenvalue weighted by atomic mass is 10.2. The number of aryl methyl sites for hydroxylation is 1. The Kier molecular flexibility index (Phi) is 4.97. The third kappa shape index (κ3) is 3.54. The largest absolute Gasteiger partial charge is 0.461 e. The SMILES string of the molecule is CCOC(=O)c1nc(/C=C/c2cc(F)c(F)c(F)c2)sc1C. The number of thiazole rings is 1. The van der Waals surface area contributed by atoms with Crippen molar-refractivity contribution in [1.29, 1.82) is 0 Å². The average molecular weight is 327 g/mol. The predicted octanol–water partition coefficient (Wildman–Crippen LogP) is 4.22. The van der Waals surface area contributed by atoms with Gasteiger partial charge in [-0.1, -0.05) is 6.08 Å². The lowest BCUT2D eigenvalue weighted by Crippen LogP contribution is -2.06. The Balaban J connectivity index is 2.24. The van der Waals surface area contributed by atoms with Gasteiger partial charge in [0.25, 0.3) is 0 Å². The Morgan fingerprint density at radius 1 is 1.27 bits per heavy atom. The predicted molar refractivity (Wildman–Crippen MR) is 78.1 cm³/mol. The van der Waals surface area contributed by atoms with Crippen LogP contribution in [0.5, 0.6) is 0 Å². The maximum absolute atomic E-state index is 13.1. The highest BCUT2D eigenvalue weighted by molar-refractivity contribution is 7.12.